The molecule has 0 unspecified atom stereocenters. The second kappa shape index (κ2) is 10.5. The van der Waals surface area contributed by atoms with Crippen LogP contribution in [0.1, 0.15) is 54.3 Å². The molecule has 3 aromatic rings. The zero-order chi connectivity index (χ0) is 25.9. The van der Waals surface area contributed by atoms with Crippen LogP contribution in [-0.2, 0) is 19.4 Å². The molecular weight excluding hydrogens is 474 g/mol. The quantitative estimate of drug-likeness (QED) is 0.196. The molecule has 0 spiro atoms. The predicted molar refractivity (Wildman–Crippen MR) is 142 cm³/mol. The third-order valence-electron chi connectivity index (χ3n) is 6.62. The molecule has 1 heterocycles. The maximum absolute atomic E-state index is 11.0. The summed E-state index contributed by atoms with van der Waals surface area (Å²) in [4.78, 5) is 16.5. The van der Waals surface area contributed by atoms with Gasteiger partial charge in [0.25, 0.3) is 5.69 Å². The van der Waals surface area contributed by atoms with E-state index < -0.39 is 4.92 Å². The van der Waals surface area contributed by atoms with Gasteiger partial charge in [-0.25, -0.2) is 4.99 Å². The second-order valence-corrected chi connectivity index (χ2v) is 11.1. The number of aliphatic imine (C=N–C) groups is 1. The van der Waals surface area contributed by atoms with E-state index >= 15 is 0 Å². The van der Waals surface area contributed by atoms with Crippen molar-refractivity contribution in [3.63, 3.8) is 0 Å². The number of nitrogens with zero attached hydrogens (tertiary/aromatic N) is 3. The average Bonchev–Trinajstić information content (AvgIpc) is 3.22. The minimum atomic E-state index is -0.428. The summed E-state index contributed by atoms with van der Waals surface area (Å²) in [7, 11) is 1.56. The van der Waals surface area contributed by atoms with Gasteiger partial charge in [-0.15, -0.1) is 11.3 Å². The molecule has 0 N–H and O–H groups in total. The predicted octanol–water partition coefficient (Wildman–Crippen LogP) is 7.02. The van der Waals surface area contributed by atoms with Crippen molar-refractivity contribution in [1.82, 2.24) is 0 Å². The van der Waals surface area contributed by atoms with Gasteiger partial charge in [-0.1, -0.05) is 32.9 Å². The highest BCUT2D eigenvalue weighted by Crippen LogP contribution is 2.45. The topological polar surface area (TPSA) is 97.8 Å². The van der Waals surface area contributed by atoms with Crippen molar-refractivity contribution in [3.05, 3.63) is 79.7 Å². The molecule has 0 saturated heterocycles. The number of non-ortho nitro benzene ring substituents is 1. The van der Waals surface area contributed by atoms with Crippen LogP contribution in [0.15, 0.2) is 47.5 Å². The van der Waals surface area contributed by atoms with Gasteiger partial charge in [0.05, 0.1) is 17.6 Å². The maximum atomic E-state index is 11.0. The third kappa shape index (κ3) is 5.58. The van der Waals surface area contributed by atoms with Gasteiger partial charge in [-0.2, -0.15) is 5.26 Å². The minimum absolute atomic E-state index is 0.0237. The lowest BCUT2D eigenvalue weighted by molar-refractivity contribution is -0.384. The molecule has 0 aliphatic heterocycles. The molecule has 1 aliphatic carbocycles. The molecule has 0 amide bonds. The number of benzene rings is 2. The summed E-state index contributed by atoms with van der Waals surface area (Å²) in [5.74, 6) is 1.66. The van der Waals surface area contributed by atoms with Crippen LogP contribution >= 0.6 is 11.3 Å². The number of methoxy groups -OCH3 is 1. The molecule has 4 rings (SSSR count). The first-order valence-corrected chi connectivity index (χ1v) is 12.6. The molecule has 186 valence electrons. The third-order valence-corrected chi connectivity index (χ3v) is 7.78. The number of rotatable bonds is 7. The van der Waals surface area contributed by atoms with E-state index in [-0.39, 0.29) is 17.7 Å². The van der Waals surface area contributed by atoms with Crippen molar-refractivity contribution in [3.8, 4) is 17.6 Å². The van der Waals surface area contributed by atoms with Gasteiger partial charge in [0, 0.05) is 23.2 Å². The first kappa shape index (κ1) is 25.4. The number of nitriles is 1. The van der Waals surface area contributed by atoms with Crippen molar-refractivity contribution in [2.45, 2.75) is 46.6 Å². The number of thiophene rings is 1. The summed E-state index contributed by atoms with van der Waals surface area (Å²) in [5.41, 5.74) is 3.64. The van der Waals surface area contributed by atoms with Gasteiger partial charge in [-0.3, -0.25) is 10.1 Å². The summed E-state index contributed by atoms with van der Waals surface area (Å²) in [6, 6.07) is 14.2. The smallest absolute Gasteiger partial charge is 0.269 e. The van der Waals surface area contributed by atoms with Crippen molar-refractivity contribution in [2.75, 3.05) is 7.11 Å². The van der Waals surface area contributed by atoms with Crippen molar-refractivity contribution in [2.24, 2.45) is 16.3 Å². The normalized spacial score (nSPS) is 15.4. The number of hydrogen-bond acceptors (Lipinski definition) is 7. The molecule has 0 saturated carbocycles. The molecule has 1 atom stereocenters. The standard InChI is InChI=1S/C28H29N3O4S/c1-28(2,3)20-9-10-22-23(15-29)27(36-26(22)14-20)30-16-18-8-11-24(25(13-18)34-4)35-17-19-6-5-7-21(12-19)31(32)33/h5-8,11-13,16,20H,9-10,14,17H2,1-4H3/t20-/m1/s1. The van der Waals surface area contributed by atoms with E-state index in [1.165, 1.54) is 17.0 Å². The Bertz CT molecular complexity index is 1350. The SMILES string of the molecule is COc1cc(C=Nc2sc3c(c2C#N)CC[C@@H](C(C)(C)C)C3)ccc1OCc1cccc([N+](=O)[O-])c1. The highest BCUT2D eigenvalue weighted by atomic mass is 32.1. The largest absolute Gasteiger partial charge is 0.493 e. The van der Waals surface area contributed by atoms with Gasteiger partial charge < -0.3 is 9.47 Å². The maximum Gasteiger partial charge on any atom is 0.269 e. The van der Waals surface area contributed by atoms with E-state index in [1.807, 2.05) is 12.1 Å². The Morgan fingerprint density at radius 2 is 2.06 bits per heavy atom. The van der Waals surface area contributed by atoms with Gasteiger partial charge in [0.2, 0.25) is 0 Å². The number of nitro groups is 1. The van der Waals surface area contributed by atoms with E-state index in [2.05, 4.69) is 31.8 Å². The number of fused-ring (bicyclic) bond motifs is 1. The fourth-order valence-corrected chi connectivity index (χ4v) is 5.68. The van der Waals surface area contributed by atoms with Crippen LogP contribution in [0.5, 0.6) is 11.5 Å². The zero-order valence-electron chi connectivity index (χ0n) is 20.9. The second-order valence-electron chi connectivity index (χ2n) is 9.99. The fraction of sp³-hybridized carbons (Fsp3) is 0.357. The Morgan fingerprint density at radius 1 is 1.25 bits per heavy atom. The molecule has 8 heteroatoms. The van der Waals surface area contributed by atoms with Crippen LogP contribution in [0, 0.1) is 32.8 Å². The Labute approximate surface area is 215 Å². The monoisotopic (exact) mass is 503 g/mol. The van der Waals surface area contributed by atoms with Crippen molar-refractivity contribution >= 4 is 28.2 Å². The fourth-order valence-electron chi connectivity index (χ4n) is 4.45. The van der Waals surface area contributed by atoms with Crippen LogP contribution in [0.2, 0.25) is 0 Å². The summed E-state index contributed by atoms with van der Waals surface area (Å²) in [6.07, 6.45) is 4.76. The number of ether oxygens (including phenoxy) is 2. The van der Waals surface area contributed by atoms with Gasteiger partial charge >= 0.3 is 0 Å². The molecule has 7 nitrogen and oxygen atoms in total. The first-order valence-electron chi connectivity index (χ1n) is 11.8. The van der Waals surface area contributed by atoms with Gasteiger partial charge in [0.15, 0.2) is 11.5 Å². The lowest BCUT2D eigenvalue weighted by atomic mass is 9.72. The minimum Gasteiger partial charge on any atom is -0.493 e. The van der Waals surface area contributed by atoms with Crippen molar-refractivity contribution in [1.29, 1.82) is 5.26 Å². The van der Waals surface area contributed by atoms with Crippen LogP contribution in [0.3, 0.4) is 0 Å². The van der Waals surface area contributed by atoms with Crippen LogP contribution < -0.4 is 9.47 Å². The summed E-state index contributed by atoms with van der Waals surface area (Å²) >= 11 is 1.62. The molecule has 1 aromatic heterocycles. The van der Waals surface area contributed by atoms with E-state index in [9.17, 15) is 15.4 Å². The average molecular weight is 504 g/mol. The Balaban J connectivity index is 1.51. The summed E-state index contributed by atoms with van der Waals surface area (Å²) in [6.45, 7) is 7.02. The van der Waals surface area contributed by atoms with Gasteiger partial charge in [0.1, 0.15) is 17.7 Å². The summed E-state index contributed by atoms with van der Waals surface area (Å²) < 4.78 is 11.4. The molecule has 0 bridgehead atoms. The Hall–Kier alpha value is -3.70. The Kier molecular flexibility index (Phi) is 7.41. The van der Waals surface area contributed by atoms with E-state index in [4.69, 9.17) is 9.47 Å². The van der Waals surface area contributed by atoms with Crippen LogP contribution in [-0.4, -0.2) is 18.2 Å². The molecule has 0 radical (unpaired) electrons. The van der Waals surface area contributed by atoms with E-state index in [1.54, 1.807) is 42.9 Å². The Morgan fingerprint density at radius 3 is 2.75 bits per heavy atom. The molecular formula is C28H29N3O4S. The number of hydrogen-bond donors (Lipinski definition) is 0. The van der Waals surface area contributed by atoms with Crippen molar-refractivity contribution < 1.29 is 14.4 Å². The zero-order valence-corrected chi connectivity index (χ0v) is 21.7. The molecule has 2 aromatic carbocycles. The number of nitro benzene ring substituents is 1. The highest BCUT2D eigenvalue weighted by molar-refractivity contribution is 7.16. The van der Waals surface area contributed by atoms with Crippen LogP contribution in [0.25, 0.3) is 0 Å². The van der Waals surface area contributed by atoms with E-state index in [0.717, 1.165) is 35.4 Å². The van der Waals surface area contributed by atoms with E-state index in [0.29, 0.717) is 28.5 Å². The molecule has 1 aliphatic rings. The first-order chi connectivity index (χ1) is 17.2. The van der Waals surface area contributed by atoms with Gasteiger partial charge in [-0.05, 0) is 65.5 Å². The van der Waals surface area contributed by atoms with Crippen LogP contribution in [0.4, 0.5) is 10.7 Å². The molecule has 0 fully saturated rings. The summed E-state index contributed by atoms with van der Waals surface area (Å²) in [5, 5.41) is 21.6. The lowest BCUT2D eigenvalue weighted by Gasteiger charge is -2.33. The highest BCUT2D eigenvalue weighted by Gasteiger charge is 2.32. The lowest BCUT2D eigenvalue weighted by Crippen LogP contribution is -2.26. The molecule has 36 heavy (non-hydrogen) atoms.